The second-order valence-corrected chi connectivity index (χ2v) is 5.87. The van der Waals surface area contributed by atoms with E-state index >= 15 is 0 Å². The van der Waals surface area contributed by atoms with Crippen LogP contribution in [0.15, 0.2) is 24.4 Å². The van der Waals surface area contributed by atoms with Crippen molar-refractivity contribution >= 4 is 22.8 Å². The van der Waals surface area contributed by atoms with Gasteiger partial charge in [0.1, 0.15) is 0 Å². The summed E-state index contributed by atoms with van der Waals surface area (Å²) < 4.78 is 0. The molecule has 1 aromatic carbocycles. The molecular weight excluding hydrogens is 270 g/mol. The summed E-state index contributed by atoms with van der Waals surface area (Å²) in [5, 5.41) is 17.0. The maximum Gasteiger partial charge on any atom is 0.311 e. The highest BCUT2D eigenvalue weighted by Gasteiger charge is 2.39. The summed E-state index contributed by atoms with van der Waals surface area (Å²) in [6, 6.07) is 5.36. The molecule has 1 fully saturated rings. The second kappa shape index (κ2) is 4.87. The number of carboxylic acid groups (broad SMARTS) is 1. The molecular formula is C15H17N3O3. The van der Waals surface area contributed by atoms with Crippen molar-refractivity contribution in [3.05, 3.63) is 30.0 Å². The lowest BCUT2D eigenvalue weighted by Gasteiger charge is -2.37. The highest BCUT2D eigenvalue weighted by Crippen LogP contribution is 2.30. The number of rotatable bonds is 2. The highest BCUT2D eigenvalue weighted by atomic mass is 16.4. The summed E-state index contributed by atoms with van der Waals surface area (Å²) in [5.74, 6) is -0.970. The molecule has 2 aromatic rings. The van der Waals surface area contributed by atoms with E-state index in [1.165, 1.54) is 0 Å². The van der Waals surface area contributed by atoms with Crippen LogP contribution in [-0.4, -0.2) is 45.2 Å². The third-order valence-corrected chi connectivity index (χ3v) is 4.19. The molecule has 21 heavy (non-hydrogen) atoms. The van der Waals surface area contributed by atoms with Crippen molar-refractivity contribution in [1.29, 1.82) is 0 Å². The van der Waals surface area contributed by atoms with Crippen molar-refractivity contribution in [2.24, 2.45) is 5.41 Å². The van der Waals surface area contributed by atoms with Crippen LogP contribution in [0, 0.1) is 5.41 Å². The van der Waals surface area contributed by atoms with Crippen molar-refractivity contribution < 1.29 is 14.7 Å². The van der Waals surface area contributed by atoms with Gasteiger partial charge in [-0.05, 0) is 31.9 Å². The Bertz CT molecular complexity index is 709. The van der Waals surface area contributed by atoms with E-state index < -0.39 is 11.4 Å². The number of nitrogens with zero attached hydrogens (tertiary/aromatic N) is 2. The van der Waals surface area contributed by atoms with Gasteiger partial charge in [0.2, 0.25) is 0 Å². The van der Waals surface area contributed by atoms with Gasteiger partial charge in [-0.1, -0.05) is 6.07 Å². The molecule has 6 heteroatoms. The first-order valence-corrected chi connectivity index (χ1v) is 6.95. The summed E-state index contributed by atoms with van der Waals surface area (Å²) in [7, 11) is 0. The molecule has 1 aliphatic heterocycles. The number of carbonyl (C=O) groups is 2. The van der Waals surface area contributed by atoms with Crippen LogP contribution in [0.4, 0.5) is 0 Å². The van der Waals surface area contributed by atoms with Gasteiger partial charge >= 0.3 is 5.97 Å². The van der Waals surface area contributed by atoms with Crippen LogP contribution in [0.5, 0.6) is 0 Å². The molecule has 1 saturated heterocycles. The molecule has 1 unspecified atom stereocenters. The van der Waals surface area contributed by atoms with E-state index in [0.29, 0.717) is 24.9 Å². The van der Waals surface area contributed by atoms with Gasteiger partial charge < -0.3 is 10.0 Å². The van der Waals surface area contributed by atoms with Crippen LogP contribution in [0.25, 0.3) is 10.9 Å². The van der Waals surface area contributed by atoms with Gasteiger partial charge in [0.25, 0.3) is 5.91 Å². The Balaban J connectivity index is 1.85. The minimum atomic E-state index is -0.855. The normalized spacial score (nSPS) is 22.4. The largest absolute Gasteiger partial charge is 0.481 e. The lowest BCUT2D eigenvalue weighted by atomic mass is 9.82. The molecule has 1 aliphatic rings. The van der Waals surface area contributed by atoms with Crippen molar-refractivity contribution in [3.63, 3.8) is 0 Å². The molecule has 0 saturated carbocycles. The van der Waals surface area contributed by atoms with E-state index in [9.17, 15) is 14.7 Å². The monoisotopic (exact) mass is 287 g/mol. The van der Waals surface area contributed by atoms with Crippen LogP contribution >= 0.6 is 0 Å². The summed E-state index contributed by atoms with van der Waals surface area (Å²) in [4.78, 5) is 25.6. The molecule has 6 nitrogen and oxygen atoms in total. The molecule has 3 rings (SSSR count). The fraction of sp³-hybridized carbons (Fsp3) is 0.400. The zero-order valence-electron chi connectivity index (χ0n) is 11.8. The van der Waals surface area contributed by atoms with Gasteiger partial charge in [0.15, 0.2) is 0 Å². The van der Waals surface area contributed by atoms with Gasteiger partial charge in [-0.2, -0.15) is 5.10 Å². The molecule has 0 bridgehead atoms. The van der Waals surface area contributed by atoms with Gasteiger partial charge in [-0.3, -0.25) is 14.7 Å². The molecule has 2 N–H and O–H groups in total. The Morgan fingerprint density at radius 2 is 2.24 bits per heavy atom. The molecule has 2 heterocycles. The molecule has 1 aromatic heterocycles. The number of likely N-dealkylation sites (tertiary alicyclic amines) is 1. The fourth-order valence-corrected chi connectivity index (χ4v) is 2.84. The SMILES string of the molecule is CC1(C(=O)O)CCCN(C(=O)c2ccc3cn[nH]c3c2)C1. The summed E-state index contributed by atoms with van der Waals surface area (Å²) >= 11 is 0. The Kier molecular flexibility index (Phi) is 3.16. The van der Waals surface area contributed by atoms with Gasteiger partial charge in [0.05, 0.1) is 17.1 Å². The fourth-order valence-electron chi connectivity index (χ4n) is 2.84. The number of H-pyrrole nitrogens is 1. The zero-order valence-corrected chi connectivity index (χ0v) is 11.8. The molecule has 0 spiro atoms. The van der Waals surface area contributed by atoms with E-state index in [1.54, 1.807) is 30.2 Å². The molecule has 0 aliphatic carbocycles. The minimum absolute atomic E-state index is 0.126. The lowest BCUT2D eigenvalue weighted by molar-refractivity contribution is -0.150. The Labute approximate surface area is 121 Å². The van der Waals surface area contributed by atoms with Crippen LogP contribution in [0.3, 0.4) is 0 Å². The number of hydrogen-bond donors (Lipinski definition) is 2. The zero-order chi connectivity index (χ0) is 15.0. The molecule has 1 amide bonds. The quantitative estimate of drug-likeness (QED) is 0.883. The number of carboxylic acids is 1. The van der Waals surface area contributed by atoms with Gasteiger partial charge in [-0.25, -0.2) is 0 Å². The average molecular weight is 287 g/mol. The number of fused-ring (bicyclic) bond motifs is 1. The topological polar surface area (TPSA) is 86.3 Å². The van der Waals surface area contributed by atoms with Crippen LogP contribution in [-0.2, 0) is 4.79 Å². The molecule has 110 valence electrons. The predicted octanol–water partition coefficient (Wildman–Crippen LogP) is 1.89. The first-order chi connectivity index (χ1) is 9.99. The third kappa shape index (κ3) is 2.37. The number of aromatic amines is 1. The second-order valence-electron chi connectivity index (χ2n) is 5.87. The van der Waals surface area contributed by atoms with E-state index in [2.05, 4.69) is 10.2 Å². The molecule has 0 radical (unpaired) electrons. The van der Waals surface area contributed by atoms with Crippen molar-refractivity contribution in [3.8, 4) is 0 Å². The van der Waals surface area contributed by atoms with Crippen molar-refractivity contribution in [2.45, 2.75) is 19.8 Å². The number of nitrogens with one attached hydrogen (secondary N) is 1. The summed E-state index contributed by atoms with van der Waals surface area (Å²) in [5.41, 5.74) is 0.506. The maximum atomic E-state index is 12.6. The van der Waals surface area contributed by atoms with Crippen LogP contribution in [0.1, 0.15) is 30.1 Å². The van der Waals surface area contributed by atoms with E-state index in [0.717, 1.165) is 10.9 Å². The Morgan fingerprint density at radius 1 is 1.43 bits per heavy atom. The standard InChI is InChI=1S/C15H17N3O3/c1-15(14(20)21)5-2-6-18(9-15)13(19)10-3-4-11-8-16-17-12(11)7-10/h3-4,7-8H,2,5-6,9H2,1H3,(H,16,17)(H,20,21). The minimum Gasteiger partial charge on any atom is -0.481 e. The smallest absolute Gasteiger partial charge is 0.311 e. The number of benzene rings is 1. The van der Waals surface area contributed by atoms with Crippen molar-refractivity contribution in [2.75, 3.05) is 13.1 Å². The highest BCUT2D eigenvalue weighted by molar-refractivity contribution is 5.98. The van der Waals surface area contributed by atoms with Gasteiger partial charge in [0, 0.05) is 24.0 Å². The molecule has 1 atom stereocenters. The van der Waals surface area contributed by atoms with E-state index in [4.69, 9.17) is 0 Å². The average Bonchev–Trinajstić information content (AvgIpc) is 2.93. The van der Waals surface area contributed by atoms with Crippen LogP contribution in [0.2, 0.25) is 0 Å². The first kappa shape index (κ1) is 13.6. The number of amides is 1. The maximum absolute atomic E-state index is 12.6. The van der Waals surface area contributed by atoms with E-state index in [-0.39, 0.29) is 12.5 Å². The van der Waals surface area contributed by atoms with Crippen LogP contribution < -0.4 is 0 Å². The Hall–Kier alpha value is -2.37. The van der Waals surface area contributed by atoms with E-state index in [1.807, 2.05) is 6.07 Å². The van der Waals surface area contributed by atoms with Gasteiger partial charge in [-0.15, -0.1) is 0 Å². The number of piperidine rings is 1. The Morgan fingerprint density at radius 3 is 3.00 bits per heavy atom. The lowest BCUT2D eigenvalue weighted by Crippen LogP contribution is -2.48. The first-order valence-electron chi connectivity index (χ1n) is 6.95. The third-order valence-electron chi connectivity index (χ3n) is 4.19. The number of aromatic nitrogens is 2. The summed E-state index contributed by atoms with van der Waals surface area (Å²) in [6.07, 6.45) is 3.01. The number of hydrogen-bond acceptors (Lipinski definition) is 3. The number of aliphatic carboxylic acids is 1. The predicted molar refractivity (Wildman–Crippen MR) is 77.0 cm³/mol. The summed E-state index contributed by atoms with van der Waals surface area (Å²) in [6.45, 7) is 2.55. The number of carbonyl (C=O) groups excluding carboxylic acids is 1. The van der Waals surface area contributed by atoms with Crippen molar-refractivity contribution in [1.82, 2.24) is 15.1 Å².